The number of nitrogens with one attached hydrogen (secondary N) is 1. The molecule has 0 radical (unpaired) electrons. The highest BCUT2D eigenvalue weighted by Gasteiger charge is 2.16. The number of ether oxygens (including phenoxy) is 2. The van der Waals surface area contributed by atoms with Gasteiger partial charge in [0.1, 0.15) is 18.2 Å². The lowest BCUT2D eigenvalue weighted by molar-refractivity contribution is -0.117. The van der Waals surface area contributed by atoms with Gasteiger partial charge in [-0.1, -0.05) is 70.0 Å². The van der Waals surface area contributed by atoms with Crippen LogP contribution in [0.3, 0.4) is 0 Å². The Hall–Kier alpha value is -3.27. The standard InChI is InChI=1S/C26H22BrClN2O3/c1-17(20-6-4-3-5-7-20)30-26(31)21(15-29)12-19-13-23(28)25(24(14-19)32-2)33-16-18-8-10-22(27)11-9-18/h3-14,17H,16H2,1-2H3,(H,30,31)/b21-12-/t17-/m0/s1. The number of nitrogens with zero attached hydrogens (tertiary/aromatic N) is 1. The quantitative estimate of drug-likeness (QED) is 0.270. The van der Waals surface area contributed by atoms with Crippen molar-refractivity contribution in [3.05, 3.63) is 98.5 Å². The molecule has 0 saturated carbocycles. The van der Waals surface area contributed by atoms with Gasteiger partial charge in [0, 0.05) is 4.47 Å². The average molecular weight is 526 g/mol. The summed E-state index contributed by atoms with van der Waals surface area (Å²) in [5.74, 6) is 0.320. The lowest BCUT2D eigenvalue weighted by Gasteiger charge is -2.15. The highest BCUT2D eigenvalue weighted by molar-refractivity contribution is 9.10. The van der Waals surface area contributed by atoms with Gasteiger partial charge in [-0.2, -0.15) is 5.26 Å². The van der Waals surface area contributed by atoms with Crippen molar-refractivity contribution in [2.75, 3.05) is 7.11 Å². The number of hydrogen-bond acceptors (Lipinski definition) is 4. The Morgan fingerprint density at radius 2 is 1.88 bits per heavy atom. The highest BCUT2D eigenvalue weighted by Crippen LogP contribution is 2.37. The Kier molecular flexibility index (Phi) is 8.53. The minimum absolute atomic E-state index is 0.0422. The molecular formula is C26H22BrClN2O3. The van der Waals surface area contributed by atoms with Crippen molar-refractivity contribution in [3.63, 3.8) is 0 Å². The van der Waals surface area contributed by atoms with Gasteiger partial charge in [-0.15, -0.1) is 0 Å². The van der Waals surface area contributed by atoms with E-state index in [1.807, 2.05) is 67.6 Å². The molecule has 1 amide bonds. The molecule has 0 saturated heterocycles. The molecule has 0 bridgehead atoms. The van der Waals surface area contributed by atoms with Crippen molar-refractivity contribution in [1.82, 2.24) is 5.32 Å². The zero-order valence-corrected chi connectivity index (χ0v) is 20.5. The van der Waals surface area contributed by atoms with E-state index < -0.39 is 5.91 Å². The molecule has 33 heavy (non-hydrogen) atoms. The lowest BCUT2D eigenvalue weighted by Crippen LogP contribution is -2.27. The maximum absolute atomic E-state index is 12.7. The Morgan fingerprint density at radius 3 is 2.52 bits per heavy atom. The Balaban J connectivity index is 1.78. The molecule has 3 aromatic carbocycles. The number of nitriles is 1. The van der Waals surface area contributed by atoms with Crippen molar-refractivity contribution >= 4 is 39.5 Å². The summed E-state index contributed by atoms with van der Waals surface area (Å²) < 4.78 is 12.3. The molecular weight excluding hydrogens is 504 g/mol. The first-order chi connectivity index (χ1) is 15.9. The molecule has 1 N–H and O–H groups in total. The third-order valence-corrected chi connectivity index (χ3v) is 5.68. The van der Waals surface area contributed by atoms with Crippen LogP contribution < -0.4 is 14.8 Å². The van der Waals surface area contributed by atoms with E-state index in [9.17, 15) is 10.1 Å². The lowest BCUT2D eigenvalue weighted by atomic mass is 10.1. The third kappa shape index (κ3) is 6.61. The van der Waals surface area contributed by atoms with E-state index in [-0.39, 0.29) is 11.6 Å². The van der Waals surface area contributed by atoms with E-state index in [2.05, 4.69) is 21.2 Å². The second-order valence-electron chi connectivity index (χ2n) is 7.22. The van der Waals surface area contributed by atoms with Gasteiger partial charge in [-0.05, 0) is 54.0 Å². The maximum Gasteiger partial charge on any atom is 0.262 e. The summed E-state index contributed by atoms with van der Waals surface area (Å²) in [5.41, 5.74) is 2.42. The van der Waals surface area contributed by atoms with Crippen LogP contribution in [0.5, 0.6) is 11.5 Å². The van der Waals surface area contributed by atoms with Gasteiger partial charge >= 0.3 is 0 Å². The van der Waals surface area contributed by atoms with Crippen LogP contribution in [0.2, 0.25) is 5.02 Å². The minimum atomic E-state index is -0.473. The SMILES string of the molecule is COc1cc(/C=C(/C#N)C(=O)N[C@@H](C)c2ccccc2)cc(Cl)c1OCc1ccc(Br)cc1. The topological polar surface area (TPSA) is 71.3 Å². The van der Waals surface area contributed by atoms with Crippen LogP contribution in [0.4, 0.5) is 0 Å². The summed E-state index contributed by atoms with van der Waals surface area (Å²) in [4.78, 5) is 12.7. The number of methoxy groups -OCH3 is 1. The number of halogens is 2. The van der Waals surface area contributed by atoms with Crippen molar-refractivity contribution < 1.29 is 14.3 Å². The zero-order valence-electron chi connectivity index (χ0n) is 18.1. The van der Waals surface area contributed by atoms with Gasteiger partial charge in [0.2, 0.25) is 0 Å². The van der Waals surface area contributed by atoms with Crippen molar-refractivity contribution in [3.8, 4) is 17.6 Å². The third-order valence-electron chi connectivity index (χ3n) is 4.87. The summed E-state index contributed by atoms with van der Waals surface area (Å²) >= 11 is 9.86. The van der Waals surface area contributed by atoms with Crippen LogP contribution in [-0.2, 0) is 11.4 Å². The number of benzene rings is 3. The van der Waals surface area contributed by atoms with Gasteiger partial charge in [0.15, 0.2) is 11.5 Å². The summed E-state index contributed by atoms with van der Waals surface area (Å²) in [5, 5.41) is 12.7. The molecule has 3 aromatic rings. The number of hydrogen-bond donors (Lipinski definition) is 1. The van der Waals surface area contributed by atoms with Crippen molar-refractivity contribution in [2.45, 2.75) is 19.6 Å². The Bertz CT molecular complexity index is 1190. The van der Waals surface area contributed by atoms with E-state index in [1.165, 1.54) is 13.2 Å². The zero-order chi connectivity index (χ0) is 23.8. The molecule has 3 rings (SSSR count). The van der Waals surface area contributed by atoms with E-state index in [0.29, 0.717) is 28.7 Å². The minimum Gasteiger partial charge on any atom is -0.493 e. The summed E-state index contributed by atoms with van der Waals surface area (Å²) in [6, 6.07) is 22.3. The normalized spacial score (nSPS) is 11.9. The average Bonchev–Trinajstić information content (AvgIpc) is 2.83. The van der Waals surface area contributed by atoms with E-state index in [4.69, 9.17) is 21.1 Å². The fourth-order valence-corrected chi connectivity index (χ4v) is 3.65. The first-order valence-electron chi connectivity index (χ1n) is 10.1. The van der Waals surface area contributed by atoms with Crippen LogP contribution in [-0.4, -0.2) is 13.0 Å². The monoisotopic (exact) mass is 524 g/mol. The number of rotatable bonds is 8. The predicted octanol–water partition coefficient (Wildman–Crippen LogP) is 6.47. The van der Waals surface area contributed by atoms with Gasteiger partial charge < -0.3 is 14.8 Å². The van der Waals surface area contributed by atoms with Crippen LogP contribution in [0.15, 0.2) is 76.8 Å². The molecule has 0 aliphatic heterocycles. The van der Waals surface area contributed by atoms with Crippen LogP contribution in [0.25, 0.3) is 6.08 Å². The maximum atomic E-state index is 12.7. The number of carbonyl (C=O) groups is 1. The van der Waals surface area contributed by atoms with Gasteiger partial charge in [-0.3, -0.25) is 4.79 Å². The molecule has 0 fully saturated rings. The molecule has 5 nitrogen and oxygen atoms in total. The van der Waals surface area contributed by atoms with Gasteiger partial charge in [-0.25, -0.2) is 0 Å². The first kappa shape index (κ1) is 24.4. The number of amides is 1. The van der Waals surface area contributed by atoms with Crippen molar-refractivity contribution in [2.24, 2.45) is 0 Å². The molecule has 1 atom stereocenters. The molecule has 0 heterocycles. The summed E-state index contributed by atoms with van der Waals surface area (Å²) in [6.07, 6.45) is 1.47. The molecule has 7 heteroatoms. The molecule has 0 spiro atoms. The largest absolute Gasteiger partial charge is 0.493 e. The summed E-state index contributed by atoms with van der Waals surface area (Å²) in [6.45, 7) is 2.17. The highest BCUT2D eigenvalue weighted by atomic mass is 79.9. The molecule has 0 aliphatic rings. The second-order valence-corrected chi connectivity index (χ2v) is 8.55. The van der Waals surface area contributed by atoms with Gasteiger partial charge in [0.25, 0.3) is 5.91 Å². The Labute approximate surface area is 206 Å². The summed E-state index contributed by atoms with van der Waals surface area (Å²) in [7, 11) is 1.51. The molecule has 0 aromatic heterocycles. The van der Waals surface area contributed by atoms with E-state index in [1.54, 1.807) is 12.1 Å². The fourth-order valence-electron chi connectivity index (χ4n) is 3.11. The molecule has 168 valence electrons. The van der Waals surface area contributed by atoms with E-state index in [0.717, 1.165) is 15.6 Å². The van der Waals surface area contributed by atoms with Crippen LogP contribution in [0, 0.1) is 11.3 Å². The smallest absolute Gasteiger partial charge is 0.262 e. The first-order valence-corrected chi connectivity index (χ1v) is 11.3. The van der Waals surface area contributed by atoms with Crippen LogP contribution in [0.1, 0.15) is 29.7 Å². The Morgan fingerprint density at radius 1 is 1.18 bits per heavy atom. The van der Waals surface area contributed by atoms with Crippen molar-refractivity contribution in [1.29, 1.82) is 5.26 Å². The van der Waals surface area contributed by atoms with Crippen LogP contribution >= 0.6 is 27.5 Å². The molecule has 0 aliphatic carbocycles. The fraction of sp³-hybridized carbons (Fsp3) is 0.154. The second kappa shape index (κ2) is 11.6. The van der Waals surface area contributed by atoms with Gasteiger partial charge in [0.05, 0.1) is 18.2 Å². The van der Waals surface area contributed by atoms with E-state index >= 15 is 0 Å². The molecule has 0 unspecified atom stereocenters. The predicted molar refractivity (Wildman–Crippen MR) is 133 cm³/mol. The number of carbonyl (C=O) groups excluding carboxylic acids is 1.